The molecule has 1 aliphatic heterocycles. The molecule has 16 heavy (non-hydrogen) atoms. The standard InChI is InChI=1S/C13H17NO2/c1-2-10-6-3-4-7-11(10)14-13(15)12-8-5-9-16-12/h3-4,6-7,12H,2,5,8-9H2,1H3,(H,14,15)/t12-/m1/s1. The van der Waals surface area contributed by atoms with E-state index in [9.17, 15) is 4.79 Å². The number of rotatable bonds is 3. The average Bonchev–Trinajstić information content (AvgIpc) is 2.83. The van der Waals surface area contributed by atoms with Gasteiger partial charge >= 0.3 is 0 Å². The zero-order valence-electron chi connectivity index (χ0n) is 9.53. The van der Waals surface area contributed by atoms with E-state index in [0.29, 0.717) is 6.61 Å². The molecule has 0 spiro atoms. The third-order valence-electron chi connectivity index (χ3n) is 2.88. The molecule has 1 atom stereocenters. The molecule has 3 nitrogen and oxygen atoms in total. The Morgan fingerprint density at radius 3 is 3.00 bits per heavy atom. The lowest BCUT2D eigenvalue weighted by molar-refractivity contribution is -0.124. The summed E-state index contributed by atoms with van der Waals surface area (Å²) in [7, 11) is 0. The molecule has 1 aromatic carbocycles. The van der Waals surface area contributed by atoms with Crippen LogP contribution in [0.3, 0.4) is 0 Å². The van der Waals surface area contributed by atoms with Crippen LogP contribution in [0.5, 0.6) is 0 Å². The molecule has 86 valence electrons. The summed E-state index contributed by atoms with van der Waals surface area (Å²) in [5.41, 5.74) is 2.07. The Bertz CT molecular complexity index is 370. The molecule has 1 amide bonds. The summed E-state index contributed by atoms with van der Waals surface area (Å²) in [6.45, 7) is 2.78. The summed E-state index contributed by atoms with van der Waals surface area (Å²) in [5.74, 6) is -0.0154. The van der Waals surface area contributed by atoms with Crippen molar-refractivity contribution in [3.63, 3.8) is 0 Å². The molecule has 0 saturated carbocycles. The van der Waals surface area contributed by atoms with E-state index >= 15 is 0 Å². The fourth-order valence-corrected chi connectivity index (χ4v) is 1.95. The smallest absolute Gasteiger partial charge is 0.253 e. The third-order valence-corrected chi connectivity index (χ3v) is 2.88. The Balaban J connectivity index is 2.05. The lowest BCUT2D eigenvalue weighted by atomic mass is 10.1. The van der Waals surface area contributed by atoms with Crippen LogP contribution in [0, 0.1) is 0 Å². The Hall–Kier alpha value is -1.35. The number of anilines is 1. The number of carbonyl (C=O) groups is 1. The number of hydrogen-bond donors (Lipinski definition) is 1. The number of carbonyl (C=O) groups excluding carboxylic acids is 1. The first-order chi connectivity index (χ1) is 7.81. The molecule has 1 N–H and O–H groups in total. The van der Waals surface area contributed by atoms with E-state index in [1.54, 1.807) is 0 Å². The summed E-state index contributed by atoms with van der Waals surface area (Å²) < 4.78 is 5.35. The molecular weight excluding hydrogens is 202 g/mol. The zero-order valence-corrected chi connectivity index (χ0v) is 9.53. The number of nitrogens with one attached hydrogen (secondary N) is 1. The number of ether oxygens (including phenoxy) is 1. The van der Waals surface area contributed by atoms with Crippen molar-refractivity contribution < 1.29 is 9.53 Å². The van der Waals surface area contributed by atoms with Crippen LogP contribution < -0.4 is 5.32 Å². The zero-order chi connectivity index (χ0) is 11.4. The van der Waals surface area contributed by atoms with Crippen LogP contribution in [0.15, 0.2) is 24.3 Å². The number of hydrogen-bond acceptors (Lipinski definition) is 2. The minimum absolute atomic E-state index is 0.0154. The Morgan fingerprint density at radius 2 is 2.31 bits per heavy atom. The number of benzene rings is 1. The van der Waals surface area contributed by atoms with Gasteiger partial charge in [0.2, 0.25) is 0 Å². The van der Waals surface area contributed by atoms with Gasteiger partial charge in [-0.3, -0.25) is 4.79 Å². The molecule has 0 bridgehead atoms. The first kappa shape index (κ1) is 11.1. The maximum absolute atomic E-state index is 11.8. The third kappa shape index (κ3) is 2.42. The van der Waals surface area contributed by atoms with E-state index in [2.05, 4.69) is 12.2 Å². The van der Waals surface area contributed by atoms with Crippen LogP contribution in [0.1, 0.15) is 25.3 Å². The first-order valence-electron chi connectivity index (χ1n) is 5.81. The summed E-state index contributed by atoms with van der Waals surface area (Å²) in [5, 5.41) is 2.94. The van der Waals surface area contributed by atoms with Crippen LogP contribution in [-0.4, -0.2) is 18.6 Å². The van der Waals surface area contributed by atoms with Gasteiger partial charge in [0.15, 0.2) is 0 Å². The van der Waals surface area contributed by atoms with Gasteiger partial charge in [0.05, 0.1) is 0 Å². The second kappa shape index (κ2) is 5.12. The van der Waals surface area contributed by atoms with E-state index in [1.165, 1.54) is 0 Å². The Morgan fingerprint density at radius 1 is 1.50 bits per heavy atom. The van der Waals surface area contributed by atoms with Crippen molar-refractivity contribution in [3.8, 4) is 0 Å². The van der Waals surface area contributed by atoms with E-state index in [1.807, 2.05) is 24.3 Å². The van der Waals surface area contributed by atoms with Gasteiger partial charge in [0, 0.05) is 12.3 Å². The van der Waals surface area contributed by atoms with Crippen molar-refractivity contribution in [2.24, 2.45) is 0 Å². The summed E-state index contributed by atoms with van der Waals surface area (Å²) in [6, 6.07) is 7.89. The monoisotopic (exact) mass is 219 g/mol. The van der Waals surface area contributed by atoms with Gasteiger partial charge in [-0.15, -0.1) is 0 Å². The topological polar surface area (TPSA) is 38.3 Å². The highest BCUT2D eigenvalue weighted by Gasteiger charge is 2.23. The van der Waals surface area contributed by atoms with Crippen molar-refractivity contribution in [2.75, 3.05) is 11.9 Å². The van der Waals surface area contributed by atoms with Gasteiger partial charge in [-0.05, 0) is 30.9 Å². The van der Waals surface area contributed by atoms with Crippen molar-refractivity contribution in [1.82, 2.24) is 0 Å². The molecular formula is C13H17NO2. The molecule has 1 aromatic rings. The van der Waals surface area contributed by atoms with Crippen LogP contribution in [0.2, 0.25) is 0 Å². The van der Waals surface area contributed by atoms with Gasteiger partial charge in [-0.25, -0.2) is 0 Å². The second-order valence-electron chi connectivity index (χ2n) is 4.00. The van der Waals surface area contributed by atoms with E-state index in [4.69, 9.17) is 4.74 Å². The minimum atomic E-state index is -0.259. The van der Waals surface area contributed by atoms with Gasteiger partial charge in [0.1, 0.15) is 6.10 Å². The van der Waals surface area contributed by atoms with E-state index in [0.717, 1.165) is 30.5 Å². The van der Waals surface area contributed by atoms with Crippen LogP contribution in [-0.2, 0) is 16.0 Å². The highest BCUT2D eigenvalue weighted by Crippen LogP contribution is 2.18. The molecule has 0 aromatic heterocycles. The number of amides is 1. The predicted octanol–water partition coefficient (Wildman–Crippen LogP) is 2.37. The van der Waals surface area contributed by atoms with Gasteiger partial charge < -0.3 is 10.1 Å². The molecule has 3 heteroatoms. The summed E-state index contributed by atoms with van der Waals surface area (Å²) >= 11 is 0. The van der Waals surface area contributed by atoms with Crippen molar-refractivity contribution >= 4 is 11.6 Å². The number of para-hydroxylation sites is 1. The van der Waals surface area contributed by atoms with E-state index < -0.39 is 0 Å². The highest BCUT2D eigenvalue weighted by atomic mass is 16.5. The molecule has 2 rings (SSSR count). The lowest BCUT2D eigenvalue weighted by Gasteiger charge is -2.12. The Labute approximate surface area is 95.8 Å². The predicted molar refractivity (Wildman–Crippen MR) is 63.4 cm³/mol. The lowest BCUT2D eigenvalue weighted by Crippen LogP contribution is -2.27. The fraction of sp³-hybridized carbons (Fsp3) is 0.462. The van der Waals surface area contributed by atoms with Crippen LogP contribution >= 0.6 is 0 Å². The van der Waals surface area contributed by atoms with Gasteiger partial charge in [-0.1, -0.05) is 25.1 Å². The highest BCUT2D eigenvalue weighted by molar-refractivity contribution is 5.94. The summed E-state index contributed by atoms with van der Waals surface area (Å²) in [4.78, 5) is 11.8. The van der Waals surface area contributed by atoms with Gasteiger partial charge in [0.25, 0.3) is 5.91 Å². The molecule has 0 radical (unpaired) electrons. The fourth-order valence-electron chi connectivity index (χ4n) is 1.95. The van der Waals surface area contributed by atoms with Crippen molar-refractivity contribution in [1.29, 1.82) is 0 Å². The maximum Gasteiger partial charge on any atom is 0.253 e. The number of aryl methyl sites for hydroxylation is 1. The second-order valence-corrected chi connectivity index (χ2v) is 4.00. The van der Waals surface area contributed by atoms with Crippen molar-refractivity contribution in [3.05, 3.63) is 29.8 Å². The van der Waals surface area contributed by atoms with Gasteiger partial charge in [-0.2, -0.15) is 0 Å². The molecule has 1 saturated heterocycles. The Kier molecular flexibility index (Phi) is 3.57. The summed E-state index contributed by atoms with van der Waals surface area (Å²) in [6.07, 6.45) is 2.47. The minimum Gasteiger partial charge on any atom is -0.368 e. The first-order valence-corrected chi connectivity index (χ1v) is 5.81. The molecule has 1 aliphatic rings. The average molecular weight is 219 g/mol. The van der Waals surface area contributed by atoms with Crippen LogP contribution in [0.25, 0.3) is 0 Å². The molecule has 1 fully saturated rings. The SMILES string of the molecule is CCc1ccccc1NC(=O)[C@H]1CCCO1. The van der Waals surface area contributed by atoms with E-state index in [-0.39, 0.29) is 12.0 Å². The quantitative estimate of drug-likeness (QED) is 0.847. The van der Waals surface area contributed by atoms with Crippen LogP contribution in [0.4, 0.5) is 5.69 Å². The largest absolute Gasteiger partial charge is 0.368 e. The normalized spacial score (nSPS) is 19.7. The van der Waals surface area contributed by atoms with Crippen molar-refractivity contribution in [2.45, 2.75) is 32.3 Å². The molecule has 0 aliphatic carbocycles. The molecule has 1 heterocycles. The maximum atomic E-state index is 11.8. The molecule has 0 unspecified atom stereocenters.